The van der Waals surface area contributed by atoms with Crippen LogP contribution in [0.25, 0.3) is 44.2 Å². The first-order valence-electron chi connectivity index (χ1n) is 28.4. The maximum Gasteiger partial charge on any atom is 0.252 e. The molecule has 2 aliphatic heterocycles. The Morgan fingerprint density at radius 1 is 0.487 bits per heavy atom. The third-order valence-electron chi connectivity index (χ3n) is 19.0. The third kappa shape index (κ3) is 7.35. The second kappa shape index (κ2) is 16.6. The fraction of sp³-hybridized carbons (Fsp3) is 0.333. The summed E-state index contributed by atoms with van der Waals surface area (Å²) >= 11 is 0. The van der Waals surface area contributed by atoms with E-state index >= 15 is 0 Å². The molecule has 0 saturated carbocycles. The molecule has 2 aliphatic carbocycles. The smallest absolute Gasteiger partial charge is 0.252 e. The normalized spacial score (nSPS) is 17.6. The van der Waals surface area contributed by atoms with Crippen LogP contribution in [-0.2, 0) is 27.1 Å². The van der Waals surface area contributed by atoms with Crippen molar-refractivity contribution >= 4 is 79.2 Å². The van der Waals surface area contributed by atoms with Crippen molar-refractivity contribution in [2.45, 2.75) is 156 Å². The molecule has 4 aliphatic rings. The first-order valence-corrected chi connectivity index (χ1v) is 28.4. The number of hydrogen-bond acceptors (Lipinski definition) is 3. The zero-order valence-corrected chi connectivity index (χ0v) is 47.6. The predicted octanol–water partition coefficient (Wildman–Crippen LogP) is 18.4. The quantitative estimate of drug-likeness (QED) is 0.160. The summed E-state index contributed by atoms with van der Waals surface area (Å²) in [6.45, 7) is 33.6. The first kappa shape index (κ1) is 48.8. The van der Waals surface area contributed by atoms with Crippen LogP contribution in [0, 0.1) is 6.92 Å². The Balaban J connectivity index is 1.21. The summed E-state index contributed by atoms with van der Waals surface area (Å²) in [6.07, 6.45) is 4.63. The van der Waals surface area contributed by atoms with E-state index in [0.29, 0.717) is 5.92 Å². The Bertz CT molecular complexity index is 3860. The van der Waals surface area contributed by atoms with Gasteiger partial charge in [-0.05, 0) is 192 Å². The molecule has 4 heteroatoms. The molecule has 0 spiro atoms. The van der Waals surface area contributed by atoms with Crippen molar-refractivity contribution in [2.75, 3.05) is 9.80 Å². The highest BCUT2D eigenvalue weighted by atomic mass is 16.3. The van der Waals surface area contributed by atoms with Crippen molar-refractivity contribution in [3.63, 3.8) is 0 Å². The lowest BCUT2D eigenvalue weighted by atomic mass is 9.33. The fourth-order valence-corrected chi connectivity index (χ4v) is 14.1. The fourth-order valence-electron chi connectivity index (χ4n) is 14.1. The standard InChI is InChI=1S/C72H75BN2O/c1-43(2)47-25-27-56-60(36-47)74(59-41-54-52(35-44(59)3)69(7,8)31-33-71(54,11)12)61-37-48(45-21-17-15-18-22-45)38-62-66(61)73(56)57-28-30-63-65(51-40-53-55(42-64(51)76-63)72(13,14)34-32-70(53,9)10)67(57)75(62)58-29-26-49(68(4,5)6)39-50(58)46-23-19-16-20-24-46/h15-30,35-43H,31-34H2,1-14H3. The van der Waals surface area contributed by atoms with Crippen LogP contribution in [0.5, 0.6) is 0 Å². The summed E-state index contributed by atoms with van der Waals surface area (Å²) in [7, 11) is 0. The molecule has 0 atom stereocenters. The van der Waals surface area contributed by atoms with E-state index in [9.17, 15) is 0 Å². The highest BCUT2D eigenvalue weighted by molar-refractivity contribution is 7.00. The molecule has 0 N–H and O–H groups in total. The van der Waals surface area contributed by atoms with E-state index in [0.717, 1.165) is 36.1 Å². The minimum absolute atomic E-state index is 0.0200. The number of benzene rings is 8. The maximum atomic E-state index is 7.24. The molecule has 9 aromatic rings. The second-order valence-corrected chi connectivity index (χ2v) is 27.3. The van der Waals surface area contributed by atoms with Gasteiger partial charge in [-0.25, -0.2) is 0 Å². The van der Waals surface area contributed by atoms with Crippen LogP contribution < -0.4 is 26.2 Å². The van der Waals surface area contributed by atoms with E-state index in [1.165, 1.54) is 123 Å². The van der Waals surface area contributed by atoms with E-state index in [1.54, 1.807) is 0 Å². The van der Waals surface area contributed by atoms with Crippen LogP contribution in [0.1, 0.15) is 161 Å². The van der Waals surface area contributed by atoms with E-state index < -0.39 is 0 Å². The van der Waals surface area contributed by atoms with Crippen LogP contribution in [-0.4, -0.2) is 6.71 Å². The Morgan fingerprint density at radius 3 is 1.67 bits per heavy atom. The zero-order chi connectivity index (χ0) is 53.2. The largest absolute Gasteiger partial charge is 0.456 e. The average molecular weight is 995 g/mol. The summed E-state index contributed by atoms with van der Waals surface area (Å²) in [6, 6.07) is 56.9. The molecule has 382 valence electrons. The van der Waals surface area contributed by atoms with Crippen LogP contribution in [0.4, 0.5) is 34.1 Å². The highest BCUT2D eigenvalue weighted by Gasteiger charge is 2.47. The van der Waals surface area contributed by atoms with E-state index in [4.69, 9.17) is 4.42 Å². The van der Waals surface area contributed by atoms with E-state index in [1.807, 2.05) is 0 Å². The summed E-state index contributed by atoms with van der Waals surface area (Å²) in [5.41, 5.74) is 27.9. The van der Waals surface area contributed by atoms with Crippen molar-refractivity contribution < 1.29 is 4.42 Å². The number of furan rings is 1. The molecule has 0 bridgehead atoms. The lowest BCUT2D eigenvalue weighted by Gasteiger charge is -2.46. The number of anilines is 6. The molecule has 76 heavy (non-hydrogen) atoms. The van der Waals surface area contributed by atoms with Gasteiger partial charge in [0.25, 0.3) is 6.71 Å². The Labute approximate surface area is 453 Å². The summed E-state index contributed by atoms with van der Waals surface area (Å²) in [5, 5.41) is 2.38. The first-order chi connectivity index (χ1) is 36.0. The van der Waals surface area contributed by atoms with Crippen LogP contribution in [0.2, 0.25) is 0 Å². The van der Waals surface area contributed by atoms with Crippen LogP contribution in [0.3, 0.4) is 0 Å². The molecule has 3 heterocycles. The van der Waals surface area contributed by atoms with Crippen molar-refractivity contribution in [3.8, 4) is 22.3 Å². The second-order valence-electron chi connectivity index (χ2n) is 27.3. The van der Waals surface area contributed by atoms with Gasteiger partial charge < -0.3 is 14.2 Å². The molecule has 0 fully saturated rings. The third-order valence-corrected chi connectivity index (χ3v) is 19.0. The van der Waals surface area contributed by atoms with Gasteiger partial charge in [-0.2, -0.15) is 0 Å². The van der Waals surface area contributed by atoms with Crippen molar-refractivity contribution in [3.05, 3.63) is 185 Å². The summed E-state index contributed by atoms with van der Waals surface area (Å²) in [5.74, 6) is 0.350. The number of fused-ring (bicyclic) bond motifs is 10. The average Bonchev–Trinajstić information content (AvgIpc) is 3.78. The topological polar surface area (TPSA) is 19.6 Å². The predicted molar refractivity (Wildman–Crippen MR) is 327 cm³/mol. The van der Waals surface area contributed by atoms with Crippen LogP contribution >= 0.6 is 0 Å². The molecular weight excluding hydrogens is 920 g/mol. The zero-order valence-electron chi connectivity index (χ0n) is 47.6. The van der Waals surface area contributed by atoms with Crippen molar-refractivity contribution in [2.24, 2.45) is 0 Å². The number of aryl methyl sites for hydroxylation is 1. The molecule has 0 amide bonds. The van der Waals surface area contributed by atoms with Gasteiger partial charge in [-0.1, -0.05) is 181 Å². The molecule has 8 aromatic carbocycles. The number of hydrogen-bond donors (Lipinski definition) is 0. The van der Waals surface area contributed by atoms with E-state index in [-0.39, 0.29) is 33.8 Å². The molecule has 13 rings (SSSR count). The summed E-state index contributed by atoms with van der Waals surface area (Å²) < 4.78 is 7.24. The molecular formula is C72H75BN2O. The monoisotopic (exact) mass is 995 g/mol. The minimum atomic E-state index is -0.0711. The van der Waals surface area contributed by atoms with Gasteiger partial charge in [-0.15, -0.1) is 0 Å². The van der Waals surface area contributed by atoms with Gasteiger partial charge in [0, 0.05) is 33.7 Å². The molecule has 1 aromatic heterocycles. The van der Waals surface area contributed by atoms with Gasteiger partial charge in [0.05, 0.1) is 16.8 Å². The molecule has 3 nitrogen and oxygen atoms in total. The van der Waals surface area contributed by atoms with Crippen molar-refractivity contribution in [1.29, 1.82) is 0 Å². The Hall–Kier alpha value is -6.78. The van der Waals surface area contributed by atoms with Gasteiger partial charge in [0.1, 0.15) is 11.2 Å². The highest BCUT2D eigenvalue weighted by Crippen LogP contribution is 2.55. The van der Waals surface area contributed by atoms with Gasteiger partial charge in [-0.3, -0.25) is 0 Å². The van der Waals surface area contributed by atoms with Crippen molar-refractivity contribution in [1.82, 2.24) is 0 Å². The lowest BCUT2D eigenvalue weighted by Crippen LogP contribution is -2.61. The Kier molecular flexibility index (Phi) is 10.7. The molecule has 0 radical (unpaired) electrons. The molecule has 0 saturated heterocycles. The minimum Gasteiger partial charge on any atom is -0.456 e. The lowest BCUT2D eigenvalue weighted by molar-refractivity contribution is 0.332. The number of rotatable bonds is 5. The van der Waals surface area contributed by atoms with Gasteiger partial charge >= 0.3 is 0 Å². The number of nitrogens with zero attached hydrogens (tertiary/aromatic N) is 2. The van der Waals surface area contributed by atoms with Gasteiger partial charge in [0.2, 0.25) is 0 Å². The SMILES string of the molecule is Cc1cc2c(cc1N1c3cc(C(C)C)ccc3B3c4ccc5oc6cc7c(cc6c5c4N(c4ccc(C(C)(C)C)cc4-c4ccccc4)c4cc(-c5ccccc5)cc1c43)C(C)(C)CCC7(C)C)C(C)(C)CCC2(C)C. The van der Waals surface area contributed by atoms with Gasteiger partial charge in [0.15, 0.2) is 0 Å². The van der Waals surface area contributed by atoms with E-state index in [2.05, 4.69) is 252 Å². The maximum absolute atomic E-state index is 7.24. The Morgan fingerprint density at radius 2 is 1.05 bits per heavy atom. The molecule has 0 unspecified atom stereocenters. The van der Waals surface area contributed by atoms with Crippen LogP contribution in [0.15, 0.2) is 150 Å². The summed E-state index contributed by atoms with van der Waals surface area (Å²) in [4.78, 5) is 5.39.